The van der Waals surface area contributed by atoms with Crippen molar-refractivity contribution in [3.8, 4) is 0 Å². The Balaban J connectivity index is 3.00. The molecule has 0 fully saturated rings. The molecule has 1 heterocycles. The van der Waals surface area contributed by atoms with Crippen LogP contribution in [0.15, 0.2) is 28.9 Å². The van der Waals surface area contributed by atoms with Crippen molar-refractivity contribution >= 4 is 44.1 Å². The number of hydrogen-bond donors (Lipinski definition) is 1. The smallest absolute Gasteiger partial charge is 0.132 e. The molecule has 0 atom stereocenters. The number of halogens is 2. The van der Waals surface area contributed by atoms with Crippen molar-refractivity contribution in [1.29, 1.82) is 0 Å². The van der Waals surface area contributed by atoms with E-state index in [1.165, 1.54) is 0 Å². The predicted octanol–water partition coefficient (Wildman–Crippen LogP) is 3.23. The Hall–Kier alpha value is -0.800. The van der Waals surface area contributed by atoms with Gasteiger partial charge in [-0.15, -0.1) is 0 Å². The van der Waals surface area contributed by atoms with Gasteiger partial charge in [-0.2, -0.15) is 0 Å². The number of fused-ring (bicyclic) bond motifs is 1. The van der Waals surface area contributed by atoms with E-state index in [9.17, 15) is 0 Å². The van der Waals surface area contributed by atoms with Crippen LogP contribution in [0.5, 0.6) is 0 Å². The van der Waals surface area contributed by atoms with Crippen LogP contribution in [0, 0.1) is 0 Å². The molecule has 0 aliphatic carbocycles. The fourth-order valence-electron chi connectivity index (χ4n) is 1.25. The minimum Gasteiger partial charge on any atom is -0.383 e. The van der Waals surface area contributed by atoms with Crippen LogP contribution in [0.1, 0.15) is 0 Å². The summed E-state index contributed by atoms with van der Waals surface area (Å²) in [4.78, 5) is 4.00. The van der Waals surface area contributed by atoms with Crippen LogP contribution in [0.2, 0.25) is 5.02 Å². The highest BCUT2D eigenvalue weighted by molar-refractivity contribution is 9.10. The molecule has 0 aliphatic heterocycles. The van der Waals surface area contributed by atoms with Crippen LogP contribution in [-0.4, -0.2) is 4.98 Å². The van der Waals surface area contributed by atoms with Crippen LogP contribution in [0.4, 0.5) is 5.82 Å². The third-order valence-corrected chi connectivity index (χ3v) is 2.84. The third kappa shape index (κ3) is 1.38. The fraction of sp³-hybridized carbons (Fsp3) is 0. The van der Waals surface area contributed by atoms with Gasteiger partial charge in [0, 0.05) is 26.5 Å². The van der Waals surface area contributed by atoms with Crippen molar-refractivity contribution in [3.63, 3.8) is 0 Å². The van der Waals surface area contributed by atoms with Gasteiger partial charge in [-0.05, 0) is 18.2 Å². The third-order valence-electron chi connectivity index (χ3n) is 1.85. The first-order chi connectivity index (χ1) is 6.20. The van der Waals surface area contributed by atoms with Gasteiger partial charge in [-0.1, -0.05) is 27.5 Å². The number of hydrogen-bond acceptors (Lipinski definition) is 2. The normalized spacial score (nSPS) is 10.6. The SMILES string of the molecule is Nc1nccc2c(Cl)ccc(Br)c12. The molecular formula is C9H6BrClN2. The molecular weight excluding hydrogens is 251 g/mol. The molecule has 2 rings (SSSR count). The average Bonchev–Trinajstić information content (AvgIpc) is 2.12. The second-order valence-corrected chi connectivity index (χ2v) is 3.91. The lowest BCUT2D eigenvalue weighted by atomic mass is 10.1. The molecule has 0 spiro atoms. The summed E-state index contributed by atoms with van der Waals surface area (Å²) >= 11 is 9.40. The summed E-state index contributed by atoms with van der Waals surface area (Å²) in [6, 6.07) is 5.54. The minimum absolute atomic E-state index is 0.492. The van der Waals surface area contributed by atoms with Crippen molar-refractivity contribution < 1.29 is 0 Å². The second kappa shape index (κ2) is 3.16. The van der Waals surface area contributed by atoms with E-state index < -0.39 is 0 Å². The van der Waals surface area contributed by atoms with Crippen LogP contribution in [0.3, 0.4) is 0 Å². The summed E-state index contributed by atoms with van der Waals surface area (Å²) in [6.45, 7) is 0. The maximum absolute atomic E-state index is 6.00. The molecule has 2 nitrogen and oxygen atoms in total. The summed E-state index contributed by atoms with van der Waals surface area (Å²) in [6.07, 6.45) is 1.65. The van der Waals surface area contributed by atoms with Gasteiger partial charge in [0.15, 0.2) is 0 Å². The first-order valence-electron chi connectivity index (χ1n) is 3.68. The molecule has 0 saturated heterocycles. The van der Waals surface area contributed by atoms with E-state index in [0.717, 1.165) is 15.2 Å². The first kappa shape index (κ1) is 8.78. The van der Waals surface area contributed by atoms with Crippen LogP contribution in [-0.2, 0) is 0 Å². The van der Waals surface area contributed by atoms with Gasteiger partial charge in [0.05, 0.1) is 0 Å². The first-order valence-corrected chi connectivity index (χ1v) is 4.85. The molecule has 4 heteroatoms. The monoisotopic (exact) mass is 256 g/mol. The van der Waals surface area contributed by atoms with Gasteiger partial charge in [0.1, 0.15) is 5.82 Å². The molecule has 1 aromatic carbocycles. The molecule has 0 bridgehead atoms. The Labute approximate surface area is 88.8 Å². The average molecular weight is 258 g/mol. The zero-order chi connectivity index (χ0) is 9.42. The minimum atomic E-state index is 0.492. The molecule has 0 amide bonds. The quantitative estimate of drug-likeness (QED) is 0.787. The Bertz CT molecular complexity index is 462. The molecule has 0 radical (unpaired) electrons. The van der Waals surface area contributed by atoms with Crippen molar-refractivity contribution in [2.45, 2.75) is 0 Å². The summed E-state index contributed by atoms with van der Waals surface area (Å²) in [5.74, 6) is 0.492. The summed E-state index contributed by atoms with van der Waals surface area (Å²) < 4.78 is 0.914. The number of anilines is 1. The van der Waals surface area contributed by atoms with Crippen molar-refractivity contribution in [2.24, 2.45) is 0 Å². The highest BCUT2D eigenvalue weighted by Gasteiger charge is 2.05. The predicted molar refractivity (Wildman–Crippen MR) is 58.9 cm³/mol. The lowest BCUT2D eigenvalue weighted by Gasteiger charge is -2.04. The van der Waals surface area contributed by atoms with Gasteiger partial charge in [0.2, 0.25) is 0 Å². The Kier molecular flexibility index (Phi) is 2.14. The summed E-state index contributed by atoms with van der Waals surface area (Å²) in [5, 5.41) is 2.48. The van der Waals surface area contributed by atoms with E-state index in [2.05, 4.69) is 20.9 Å². The zero-order valence-corrected chi connectivity index (χ0v) is 8.93. The number of nitrogens with zero attached hydrogens (tertiary/aromatic N) is 1. The van der Waals surface area contributed by atoms with E-state index in [0.29, 0.717) is 10.8 Å². The number of benzene rings is 1. The van der Waals surface area contributed by atoms with E-state index in [1.807, 2.05) is 18.2 Å². The topological polar surface area (TPSA) is 38.9 Å². The van der Waals surface area contributed by atoms with Crippen molar-refractivity contribution in [1.82, 2.24) is 4.98 Å². The van der Waals surface area contributed by atoms with Gasteiger partial charge in [-0.25, -0.2) is 4.98 Å². The standard InChI is InChI=1S/C9H6BrClN2/c10-6-1-2-7(11)5-3-4-13-9(12)8(5)6/h1-4H,(H2,12,13). The number of rotatable bonds is 0. The van der Waals surface area contributed by atoms with E-state index >= 15 is 0 Å². The molecule has 1 aromatic heterocycles. The van der Waals surface area contributed by atoms with E-state index in [4.69, 9.17) is 17.3 Å². The number of pyridine rings is 1. The van der Waals surface area contributed by atoms with Gasteiger partial charge < -0.3 is 5.73 Å². The lowest BCUT2D eigenvalue weighted by Crippen LogP contribution is -1.91. The molecule has 2 aromatic rings. The number of aromatic nitrogens is 1. The molecule has 0 unspecified atom stereocenters. The molecule has 0 aliphatic rings. The molecule has 0 saturated carbocycles. The van der Waals surface area contributed by atoms with Crippen molar-refractivity contribution in [2.75, 3.05) is 5.73 Å². The van der Waals surface area contributed by atoms with Crippen LogP contribution < -0.4 is 5.73 Å². The van der Waals surface area contributed by atoms with Crippen LogP contribution >= 0.6 is 27.5 Å². The molecule has 66 valence electrons. The van der Waals surface area contributed by atoms with Gasteiger partial charge >= 0.3 is 0 Å². The highest BCUT2D eigenvalue weighted by Crippen LogP contribution is 2.32. The van der Waals surface area contributed by atoms with Gasteiger partial charge in [-0.3, -0.25) is 0 Å². The fourth-order valence-corrected chi connectivity index (χ4v) is 2.02. The highest BCUT2D eigenvalue weighted by atomic mass is 79.9. The summed E-state index contributed by atoms with van der Waals surface area (Å²) in [7, 11) is 0. The van der Waals surface area contributed by atoms with Crippen LogP contribution in [0.25, 0.3) is 10.8 Å². The van der Waals surface area contributed by atoms with Crippen molar-refractivity contribution in [3.05, 3.63) is 33.9 Å². The molecule has 2 N–H and O–H groups in total. The second-order valence-electron chi connectivity index (χ2n) is 2.65. The Morgan fingerprint density at radius 2 is 2.08 bits per heavy atom. The Morgan fingerprint density at radius 1 is 1.31 bits per heavy atom. The number of nitrogen functional groups attached to an aromatic ring is 1. The van der Waals surface area contributed by atoms with E-state index in [-0.39, 0.29) is 0 Å². The lowest BCUT2D eigenvalue weighted by molar-refractivity contribution is 1.37. The Morgan fingerprint density at radius 3 is 2.77 bits per heavy atom. The summed E-state index contributed by atoms with van der Waals surface area (Å²) in [5.41, 5.74) is 5.73. The molecule has 13 heavy (non-hydrogen) atoms. The maximum Gasteiger partial charge on any atom is 0.132 e. The van der Waals surface area contributed by atoms with Gasteiger partial charge in [0.25, 0.3) is 0 Å². The maximum atomic E-state index is 6.00. The zero-order valence-electron chi connectivity index (χ0n) is 6.59. The number of nitrogens with two attached hydrogens (primary N) is 1. The van der Waals surface area contributed by atoms with E-state index in [1.54, 1.807) is 6.20 Å². The largest absolute Gasteiger partial charge is 0.383 e.